The number of carbonyl (C=O) groups excluding carboxylic acids is 1. The zero-order chi connectivity index (χ0) is 19.4. The van der Waals surface area contributed by atoms with E-state index in [0.29, 0.717) is 43.4 Å². The number of carbonyl (C=O) groups is 1. The van der Waals surface area contributed by atoms with E-state index in [1.165, 1.54) is 0 Å². The number of hydrogen-bond acceptors (Lipinski definition) is 6. The number of furan rings is 1. The maximum absolute atomic E-state index is 12.8. The number of amides is 1. The molecule has 0 unspecified atom stereocenters. The summed E-state index contributed by atoms with van der Waals surface area (Å²) in [5, 5.41) is 6.87. The van der Waals surface area contributed by atoms with E-state index < -0.39 is 0 Å². The Balaban J connectivity index is 1.74. The average Bonchev–Trinajstić information content (AvgIpc) is 3.27. The maximum Gasteiger partial charge on any atom is 0.255 e. The van der Waals surface area contributed by atoms with Crippen LogP contribution in [-0.4, -0.2) is 42.3 Å². The van der Waals surface area contributed by atoms with Gasteiger partial charge in [-0.3, -0.25) is 9.69 Å². The largest absolute Gasteiger partial charge is 0.463 e. The molecule has 2 aromatic heterocycles. The predicted octanol–water partition coefficient (Wildman–Crippen LogP) is 2.89. The summed E-state index contributed by atoms with van der Waals surface area (Å²) in [6.45, 7) is 12.2. The summed E-state index contributed by atoms with van der Waals surface area (Å²) in [6.07, 6.45) is 0.803. The average molecular weight is 375 g/mol. The molecule has 7 nitrogen and oxygen atoms in total. The van der Waals surface area contributed by atoms with E-state index in [4.69, 9.17) is 13.7 Å². The summed E-state index contributed by atoms with van der Waals surface area (Å²) >= 11 is 0. The highest BCUT2D eigenvalue weighted by atomic mass is 16.5. The molecule has 0 bridgehead atoms. The van der Waals surface area contributed by atoms with E-state index in [-0.39, 0.29) is 11.3 Å². The Bertz CT molecular complexity index is 767. The maximum atomic E-state index is 12.8. The fourth-order valence-electron chi connectivity index (χ4n) is 2.94. The third-order valence-corrected chi connectivity index (χ3v) is 4.66. The van der Waals surface area contributed by atoms with Gasteiger partial charge in [0.15, 0.2) is 5.76 Å². The molecule has 27 heavy (non-hydrogen) atoms. The number of aryl methyl sites for hydroxylation is 1. The van der Waals surface area contributed by atoms with Gasteiger partial charge in [-0.05, 0) is 12.5 Å². The van der Waals surface area contributed by atoms with E-state index in [1.807, 2.05) is 19.1 Å². The van der Waals surface area contributed by atoms with Crippen LogP contribution in [0, 0.1) is 0 Å². The fraction of sp³-hybridized carbons (Fsp3) is 0.600. The minimum Gasteiger partial charge on any atom is -0.463 e. The molecule has 0 atom stereocenters. The number of aromatic nitrogens is 1. The second kappa shape index (κ2) is 8.27. The molecule has 1 N–H and O–H groups in total. The van der Waals surface area contributed by atoms with Gasteiger partial charge in [-0.2, -0.15) is 0 Å². The van der Waals surface area contributed by atoms with E-state index in [0.717, 1.165) is 31.0 Å². The monoisotopic (exact) mass is 375 g/mol. The molecule has 0 spiro atoms. The van der Waals surface area contributed by atoms with Crippen LogP contribution in [0.1, 0.15) is 61.0 Å². The molecule has 148 valence electrons. The molecule has 3 rings (SSSR count). The normalized spacial score (nSPS) is 15.9. The number of hydrogen-bond donors (Lipinski definition) is 1. The van der Waals surface area contributed by atoms with Gasteiger partial charge in [0.25, 0.3) is 5.91 Å². The molecular weight excluding hydrogens is 346 g/mol. The molecule has 0 radical (unpaired) electrons. The van der Waals surface area contributed by atoms with Gasteiger partial charge in [-0.1, -0.05) is 32.9 Å². The fourth-order valence-corrected chi connectivity index (χ4v) is 2.94. The van der Waals surface area contributed by atoms with Crippen LogP contribution in [0.3, 0.4) is 0 Å². The summed E-state index contributed by atoms with van der Waals surface area (Å²) < 4.78 is 16.7. The van der Waals surface area contributed by atoms with Gasteiger partial charge >= 0.3 is 0 Å². The lowest BCUT2D eigenvalue weighted by molar-refractivity contribution is 0.0309. The SMILES string of the molecule is CCc1cc(CNC(=O)c2cc(C(C)(C)C)oc2CN2CCOCC2)on1. The van der Waals surface area contributed by atoms with Gasteiger partial charge in [0.05, 0.1) is 37.6 Å². The van der Waals surface area contributed by atoms with Crippen LogP contribution in [0.5, 0.6) is 0 Å². The highest BCUT2D eigenvalue weighted by molar-refractivity contribution is 5.95. The molecule has 3 heterocycles. The number of morpholine rings is 1. The zero-order valence-electron chi connectivity index (χ0n) is 16.6. The molecule has 0 aliphatic carbocycles. The van der Waals surface area contributed by atoms with Crippen LogP contribution < -0.4 is 5.32 Å². The Morgan fingerprint density at radius 2 is 2.00 bits per heavy atom. The van der Waals surface area contributed by atoms with Crippen molar-refractivity contribution in [3.05, 3.63) is 40.7 Å². The molecule has 1 aliphatic rings. The molecule has 2 aromatic rings. The standard InChI is InChI=1S/C20H29N3O4/c1-5-14-10-15(27-22-14)12-21-19(24)16-11-18(20(2,3)4)26-17(16)13-23-6-8-25-9-7-23/h10-11H,5-9,12-13H2,1-4H3,(H,21,24). The minimum atomic E-state index is -0.167. The summed E-state index contributed by atoms with van der Waals surface area (Å²) in [7, 11) is 0. The highest BCUT2D eigenvalue weighted by Crippen LogP contribution is 2.28. The first-order valence-electron chi connectivity index (χ1n) is 9.52. The van der Waals surface area contributed by atoms with Crippen LogP contribution >= 0.6 is 0 Å². The van der Waals surface area contributed by atoms with Gasteiger partial charge in [0, 0.05) is 24.6 Å². The van der Waals surface area contributed by atoms with E-state index in [9.17, 15) is 4.79 Å². The Kier molecular flexibility index (Phi) is 6.01. The van der Waals surface area contributed by atoms with Crippen molar-refractivity contribution < 1.29 is 18.5 Å². The molecule has 1 aliphatic heterocycles. The molecule has 7 heteroatoms. The van der Waals surface area contributed by atoms with Crippen molar-refractivity contribution >= 4 is 5.91 Å². The van der Waals surface area contributed by atoms with Gasteiger partial charge < -0.3 is 19.0 Å². The lowest BCUT2D eigenvalue weighted by Crippen LogP contribution is -2.36. The van der Waals surface area contributed by atoms with Crippen molar-refractivity contribution in [1.29, 1.82) is 0 Å². The minimum absolute atomic E-state index is 0.160. The summed E-state index contributed by atoms with van der Waals surface area (Å²) in [4.78, 5) is 15.1. The smallest absolute Gasteiger partial charge is 0.255 e. The first kappa shape index (κ1) is 19.6. The van der Waals surface area contributed by atoms with Crippen molar-refractivity contribution in [2.75, 3.05) is 26.3 Å². The lowest BCUT2D eigenvalue weighted by Gasteiger charge is -2.26. The van der Waals surface area contributed by atoms with Crippen molar-refractivity contribution in [2.24, 2.45) is 0 Å². The summed E-state index contributed by atoms with van der Waals surface area (Å²) in [5.41, 5.74) is 1.30. The molecule has 1 fully saturated rings. The van der Waals surface area contributed by atoms with E-state index in [1.54, 1.807) is 0 Å². The Hall–Kier alpha value is -2.12. The molecule has 1 amide bonds. The van der Waals surface area contributed by atoms with Gasteiger partial charge in [-0.25, -0.2) is 0 Å². The number of nitrogens with zero attached hydrogens (tertiary/aromatic N) is 2. The lowest BCUT2D eigenvalue weighted by atomic mass is 9.93. The molecule has 0 saturated carbocycles. The Morgan fingerprint density at radius 1 is 1.26 bits per heavy atom. The second-order valence-electron chi connectivity index (χ2n) is 7.91. The molecular formula is C20H29N3O4. The van der Waals surface area contributed by atoms with Crippen LogP contribution in [0.2, 0.25) is 0 Å². The van der Waals surface area contributed by atoms with Crippen LogP contribution in [-0.2, 0) is 29.7 Å². The predicted molar refractivity (Wildman–Crippen MR) is 101 cm³/mol. The molecule has 0 aromatic carbocycles. The zero-order valence-corrected chi connectivity index (χ0v) is 16.6. The van der Waals surface area contributed by atoms with Crippen LogP contribution in [0.15, 0.2) is 21.1 Å². The van der Waals surface area contributed by atoms with Crippen LogP contribution in [0.4, 0.5) is 0 Å². The third kappa shape index (κ3) is 4.99. The summed E-state index contributed by atoms with van der Waals surface area (Å²) in [5.74, 6) is 2.00. The van der Waals surface area contributed by atoms with Crippen molar-refractivity contribution in [3.8, 4) is 0 Å². The number of rotatable bonds is 6. The quantitative estimate of drug-likeness (QED) is 0.836. The van der Waals surface area contributed by atoms with Gasteiger partial charge in [-0.15, -0.1) is 0 Å². The highest BCUT2D eigenvalue weighted by Gasteiger charge is 2.26. The molecule has 1 saturated heterocycles. The number of nitrogens with one attached hydrogen (secondary N) is 1. The first-order valence-corrected chi connectivity index (χ1v) is 9.52. The van der Waals surface area contributed by atoms with Gasteiger partial charge in [0.1, 0.15) is 11.5 Å². The summed E-state index contributed by atoms with van der Waals surface area (Å²) in [6, 6.07) is 3.73. The number of ether oxygens (including phenoxy) is 1. The topological polar surface area (TPSA) is 80.7 Å². The second-order valence-corrected chi connectivity index (χ2v) is 7.91. The van der Waals surface area contributed by atoms with E-state index >= 15 is 0 Å². The third-order valence-electron chi connectivity index (χ3n) is 4.66. The Labute approximate surface area is 160 Å². The Morgan fingerprint density at radius 3 is 2.63 bits per heavy atom. The van der Waals surface area contributed by atoms with Crippen LogP contribution in [0.25, 0.3) is 0 Å². The van der Waals surface area contributed by atoms with E-state index in [2.05, 4.69) is 36.1 Å². The van der Waals surface area contributed by atoms with Crippen molar-refractivity contribution in [3.63, 3.8) is 0 Å². The van der Waals surface area contributed by atoms with Crippen molar-refractivity contribution in [1.82, 2.24) is 15.4 Å². The van der Waals surface area contributed by atoms with Crippen molar-refractivity contribution in [2.45, 2.75) is 52.6 Å². The van der Waals surface area contributed by atoms with Gasteiger partial charge in [0.2, 0.25) is 0 Å². The first-order chi connectivity index (χ1) is 12.9.